The molecule has 0 fully saturated rings. The van der Waals surface area contributed by atoms with E-state index in [0.29, 0.717) is 6.08 Å². The lowest BCUT2D eigenvalue weighted by Crippen LogP contribution is -2.38. The molecule has 0 aliphatic carbocycles. The second-order valence-corrected chi connectivity index (χ2v) is 2.71. The lowest BCUT2D eigenvalue weighted by Gasteiger charge is -2.23. The molecular formula is C7H7F3N2O3. The Hall–Kier alpha value is -1.57. The number of allylic oxidation sites excluding steroid dienone is 1. The van der Waals surface area contributed by atoms with Gasteiger partial charge in [0.15, 0.2) is 6.23 Å². The van der Waals surface area contributed by atoms with E-state index >= 15 is 0 Å². The monoisotopic (exact) mass is 224 g/mol. The van der Waals surface area contributed by atoms with Gasteiger partial charge in [-0.3, -0.25) is 10.1 Å². The van der Waals surface area contributed by atoms with E-state index in [1.165, 1.54) is 0 Å². The van der Waals surface area contributed by atoms with E-state index in [2.05, 4.69) is 10.1 Å². The number of nitro groups is 1. The minimum atomic E-state index is -4.66. The molecule has 0 saturated carbocycles. The lowest BCUT2D eigenvalue weighted by molar-refractivity contribution is -0.420. The summed E-state index contributed by atoms with van der Waals surface area (Å²) in [4.78, 5) is 9.35. The van der Waals surface area contributed by atoms with Crippen LogP contribution in [0, 0.1) is 10.1 Å². The summed E-state index contributed by atoms with van der Waals surface area (Å²) in [7, 11) is 1.07. The van der Waals surface area contributed by atoms with Crippen LogP contribution < -0.4 is 5.32 Å². The molecule has 0 aromatic rings. The fourth-order valence-electron chi connectivity index (χ4n) is 1.06. The Labute approximate surface area is 82.4 Å². The molecule has 0 spiro atoms. The van der Waals surface area contributed by atoms with Gasteiger partial charge in [-0.2, -0.15) is 13.2 Å². The van der Waals surface area contributed by atoms with Gasteiger partial charge in [-0.25, -0.2) is 0 Å². The Morgan fingerprint density at radius 2 is 2.20 bits per heavy atom. The number of dihydropyridines is 1. The van der Waals surface area contributed by atoms with E-state index in [9.17, 15) is 23.3 Å². The van der Waals surface area contributed by atoms with Crippen molar-refractivity contribution >= 4 is 0 Å². The summed E-state index contributed by atoms with van der Waals surface area (Å²) < 4.78 is 41.6. The summed E-state index contributed by atoms with van der Waals surface area (Å²) in [5.74, 6) is 0. The molecule has 1 aliphatic rings. The smallest absolute Gasteiger partial charge is 0.357 e. The van der Waals surface area contributed by atoms with Gasteiger partial charge in [0.2, 0.25) is 0 Å². The highest BCUT2D eigenvalue weighted by Crippen LogP contribution is 2.31. The van der Waals surface area contributed by atoms with Gasteiger partial charge in [-0.1, -0.05) is 0 Å². The zero-order chi connectivity index (χ0) is 11.6. The molecule has 8 heteroatoms. The van der Waals surface area contributed by atoms with Gasteiger partial charge in [0.1, 0.15) is 0 Å². The number of hydrogen-bond acceptors (Lipinski definition) is 4. The molecule has 1 N–H and O–H groups in total. The van der Waals surface area contributed by atoms with Crippen molar-refractivity contribution in [1.82, 2.24) is 5.32 Å². The molecule has 0 aromatic heterocycles. The van der Waals surface area contributed by atoms with Crippen molar-refractivity contribution in [3.63, 3.8) is 0 Å². The fraction of sp³-hybridized carbons (Fsp3) is 0.429. The SMILES string of the molecule is COC1NC=C([N+](=O)[O-])C=C1C(F)(F)F. The average Bonchev–Trinajstić information content (AvgIpc) is 2.15. The van der Waals surface area contributed by atoms with Crippen molar-refractivity contribution in [2.45, 2.75) is 12.4 Å². The van der Waals surface area contributed by atoms with Crippen molar-refractivity contribution in [1.29, 1.82) is 0 Å². The summed E-state index contributed by atoms with van der Waals surface area (Å²) >= 11 is 0. The molecule has 1 heterocycles. The highest BCUT2D eigenvalue weighted by Gasteiger charge is 2.41. The minimum Gasteiger partial charge on any atom is -0.357 e. The number of hydrogen-bond donors (Lipinski definition) is 1. The fourth-order valence-corrected chi connectivity index (χ4v) is 1.06. The predicted molar refractivity (Wildman–Crippen MR) is 43.1 cm³/mol. The van der Waals surface area contributed by atoms with Gasteiger partial charge in [0.25, 0.3) is 5.70 Å². The molecule has 0 aromatic carbocycles. The van der Waals surface area contributed by atoms with Crippen LogP contribution in [-0.2, 0) is 4.74 Å². The normalized spacial score (nSPS) is 21.5. The first-order valence-electron chi connectivity index (χ1n) is 3.78. The molecule has 0 radical (unpaired) electrons. The first-order valence-corrected chi connectivity index (χ1v) is 3.78. The largest absolute Gasteiger partial charge is 0.417 e. The number of halogens is 3. The Kier molecular flexibility index (Phi) is 2.98. The molecular weight excluding hydrogens is 217 g/mol. The Balaban J connectivity index is 3.05. The van der Waals surface area contributed by atoms with Crippen LogP contribution in [0.25, 0.3) is 0 Å². The number of nitrogens with zero attached hydrogens (tertiary/aromatic N) is 1. The van der Waals surface area contributed by atoms with E-state index < -0.39 is 28.6 Å². The highest BCUT2D eigenvalue weighted by atomic mass is 19.4. The van der Waals surface area contributed by atoms with Crippen molar-refractivity contribution in [3.8, 4) is 0 Å². The van der Waals surface area contributed by atoms with Crippen LogP contribution in [0.5, 0.6) is 0 Å². The average molecular weight is 224 g/mol. The summed E-state index contributed by atoms with van der Waals surface area (Å²) in [6.45, 7) is 0. The lowest BCUT2D eigenvalue weighted by atomic mass is 10.1. The molecule has 0 saturated heterocycles. The maximum absolute atomic E-state index is 12.4. The summed E-state index contributed by atoms with van der Waals surface area (Å²) in [5, 5.41) is 12.4. The molecule has 1 atom stereocenters. The zero-order valence-electron chi connectivity index (χ0n) is 7.54. The van der Waals surface area contributed by atoms with Crippen molar-refractivity contribution in [2.24, 2.45) is 0 Å². The molecule has 0 amide bonds. The van der Waals surface area contributed by atoms with Crippen LogP contribution in [0.4, 0.5) is 13.2 Å². The second-order valence-electron chi connectivity index (χ2n) is 2.71. The molecule has 84 valence electrons. The van der Waals surface area contributed by atoms with Crippen LogP contribution in [0.2, 0.25) is 0 Å². The quantitative estimate of drug-likeness (QED) is 0.564. The van der Waals surface area contributed by atoms with Gasteiger partial charge in [-0.05, 0) is 0 Å². The highest BCUT2D eigenvalue weighted by molar-refractivity contribution is 5.28. The van der Waals surface area contributed by atoms with Crippen LogP contribution in [0.15, 0.2) is 23.5 Å². The van der Waals surface area contributed by atoms with E-state index in [4.69, 9.17) is 0 Å². The van der Waals surface area contributed by atoms with Crippen molar-refractivity contribution in [3.05, 3.63) is 33.7 Å². The molecule has 0 bridgehead atoms. The predicted octanol–water partition coefficient (Wildman–Crippen LogP) is 1.17. The van der Waals surface area contributed by atoms with E-state index in [1.54, 1.807) is 0 Å². The molecule has 1 rings (SSSR count). The van der Waals surface area contributed by atoms with Gasteiger partial charge in [0.05, 0.1) is 16.7 Å². The third-order valence-electron chi connectivity index (χ3n) is 1.74. The van der Waals surface area contributed by atoms with E-state index in [0.717, 1.165) is 13.3 Å². The van der Waals surface area contributed by atoms with Gasteiger partial charge < -0.3 is 10.1 Å². The van der Waals surface area contributed by atoms with E-state index in [1.807, 2.05) is 0 Å². The molecule has 15 heavy (non-hydrogen) atoms. The third kappa shape index (κ3) is 2.46. The Morgan fingerprint density at radius 1 is 1.60 bits per heavy atom. The number of methoxy groups -OCH3 is 1. The standard InChI is InChI=1S/C7H7F3N2O3/c1-15-6-5(7(8,9)10)2-4(3-11-6)12(13)14/h2-3,6,11H,1H3. The van der Waals surface area contributed by atoms with Crippen LogP contribution in [0.3, 0.4) is 0 Å². The number of nitrogens with one attached hydrogen (secondary N) is 1. The Morgan fingerprint density at radius 3 is 2.60 bits per heavy atom. The summed E-state index contributed by atoms with van der Waals surface area (Å²) in [6, 6.07) is 0. The Bertz CT molecular complexity index is 335. The second kappa shape index (κ2) is 3.89. The number of alkyl halides is 3. The van der Waals surface area contributed by atoms with Crippen LogP contribution in [-0.4, -0.2) is 24.4 Å². The van der Waals surface area contributed by atoms with Gasteiger partial charge >= 0.3 is 6.18 Å². The van der Waals surface area contributed by atoms with Crippen LogP contribution >= 0.6 is 0 Å². The van der Waals surface area contributed by atoms with E-state index in [-0.39, 0.29) is 0 Å². The topological polar surface area (TPSA) is 64.4 Å². The van der Waals surface area contributed by atoms with Gasteiger partial charge in [0, 0.05) is 13.2 Å². The van der Waals surface area contributed by atoms with Crippen molar-refractivity contribution in [2.75, 3.05) is 7.11 Å². The zero-order valence-corrected chi connectivity index (χ0v) is 7.54. The number of rotatable bonds is 2. The number of ether oxygens (including phenoxy) is 1. The van der Waals surface area contributed by atoms with Crippen molar-refractivity contribution < 1.29 is 22.8 Å². The molecule has 1 aliphatic heterocycles. The molecule has 5 nitrogen and oxygen atoms in total. The first kappa shape index (κ1) is 11.5. The van der Waals surface area contributed by atoms with Crippen LogP contribution in [0.1, 0.15) is 0 Å². The maximum Gasteiger partial charge on any atom is 0.417 e. The third-order valence-corrected chi connectivity index (χ3v) is 1.74. The summed E-state index contributed by atoms with van der Waals surface area (Å²) in [5.41, 5.74) is -1.78. The maximum atomic E-state index is 12.4. The molecule has 1 unspecified atom stereocenters. The first-order chi connectivity index (χ1) is 6.86. The van der Waals surface area contributed by atoms with Gasteiger partial charge in [-0.15, -0.1) is 0 Å². The minimum absolute atomic E-state index is 0.449. The summed E-state index contributed by atoms with van der Waals surface area (Å²) in [6.07, 6.45) is -4.76.